The van der Waals surface area contributed by atoms with Crippen LogP contribution in [-0.2, 0) is 6.54 Å². The second-order valence-corrected chi connectivity index (χ2v) is 6.64. The number of nitrogens with one attached hydrogen (secondary N) is 2. The molecule has 0 saturated carbocycles. The van der Waals surface area contributed by atoms with Crippen LogP contribution >= 0.6 is 11.8 Å². The number of hydrogen-bond donors (Lipinski definition) is 2. The number of amides is 2. The monoisotopic (exact) mass is 316 g/mol. The van der Waals surface area contributed by atoms with E-state index >= 15 is 0 Å². The van der Waals surface area contributed by atoms with Crippen molar-refractivity contribution in [2.24, 2.45) is 0 Å². The highest BCUT2D eigenvalue weighted by molar-refractivity contribution is 7.99. The van der Waals surface area contributed by atoms with E-state index in [-0.39, 0.29) is 18.1 Å². The van der Waals surface area contributed by atoms with Crippen molar-refractivity contribution in [3.63, 3.8) is 0 Å². The van der Waals surface area contributed by atoms with Crippen molar-refractivity contribution in [3.8, 4) is 0 Å². The Bertz CT molecular complexity index is 629. The predicted molar refractivity (Wildman–Crippen MR) is 87.9 cm³/mol. The summed E-state index contributed by atoms with van der Waals surface area (Å²) in [7, 11) is 0. The van der Waals surface area contributed by atoms with Crippen molar-refractivity contribution in [1.29, 1.82) is 0 Å². The second-order valence-electron chi connectivity index (χ2n) is 5.51. The molecule has 1 aliphatic heterocycles. The third kappa shape index (κ3) is 3.62. The molecule has 6 heteroatoms. The molecule has 3 rings (SSSR count). The first-order chi connectivity index (χ1) is 10.7. The number of urea groups is 1. The number of carbonyl (C=O) groups is 1. The summed E-state index contributed by atoms with van der Waals surface area (Å²) in [6.07, 6.45) is 6.35. The van der Waals surface area contributed by atoms with E-state index in [2.05, 4.69) is 27.8 Å². The maximum atomic E-state index is 12.2. The van der Waals surface area contributed by atoms with E-state index in [9.17, 15) is 4.79 Å². The van der Waals surface area contributed by atoms with Crippen LogP contribution < -0.4 is 10.6 Å². The lowest BCUT2D eigenvalue weighted by Crippen LogP contribution is -2.44. The van der Waals surface area contributed by atoms with Crippen LogP contribution in [0.1, 0.15) is 24.9 Å². The highest BCUT2D eigenvalue weighted by atomic mass is 32.2. The highest BCUT2D eigenvalue weighted by Crippen LogP contribution is 2.35. The maximum Gasteiger partial charge on any atom is 0.315 e. The topological polar surface area (TPSA) is 59.0 Å². The van der Waals surface area contributed by atoms with E-state index in [0.29, 0.717) is 6.54 Å². The van der Waals surface area contributed by atoms with Gasteiger partial charge in [0.05, 0.1) is 12.4 Å². The fourth-order valence-corrected chi connectivity index (χ4v) is 3.80. The van der Waals surface area contributed by atoms with Crippen molar-refractivity contribution in [3.05, 3.63) is 48.5 Å². The van der Waals surface area contributed by atoms with Crippen molar-refractivity contribution >= 4 is 17.8 Å². The summed E-state index contributed by atoms with van der Waals surface area (Å²) < 4.78 is 1.96. The van der Waals surface area contributed by atoms with Crippen LogP contribution in [0.3, 0.4) is 0 Å². The van der Waals surface area contributed by atoms with Gasteiger partial charge in [0, 0.05) is 35.6 Å². The summed E-state index contributed by atoms with van der Waals surface area (Å²) in [5.74, 6) is 1.03. The van der Waals surface area contributed by atoms with Gasteiger partial charge in [-0.15, -0.1) is 11.8 Å². The smallest absolute Gasteiger partial charge is 0.315 e. The molecule has 0 saturated heterocycles. The molecule has 0 radical (unpaired) electrons. The van der Waals surface area contributed by atoms with Gasteiger partial charge in [-0.05, 0) is 25.0 Å². The molecule has 5 nitrogen and oxygen atoms in total. The number of aromatic nitrogens is 2. The van der Waals surface area contributed by atoms with Crippen LogP contribution in [0, 0.1) is 0 Å². The van der Waals surface area contributed by atoms with Crippen LogP contribution in [0.15, 0.2) is 47.9 Å². The summed E-state index contributed by atoms with van der Waals surface area (Å²) in [5, 5.41) is 6.09. The number of rotatable bonds is 4. The van der Waals surface area contributed by atoms with Gasteiger partial charge in [0.2, 0.25) is 0 Å². The molecule has 0 bridgehead atoms. The minimum absolute atomic E-state index is 0.0439. The van der Waals surface area contributed by atoms with Gasteiger partial charge in [-0.3, -0.25) is 0 Å². The Kier molecular flexibility index (Phi) is 4.68. The lowest BCUT2D eigenvalue weighted by atomic mass is 10.0. The standard InChI is InChI=1S/C16H20N4OS/c1-12(10-20-8-7-17-11-20)18-16(21)19-14-6-9-22-15-5-3-2-4-13(14)15/h2-5,7-8,11-12,14H,6,9-10H2,1H3,(H2,18,19,21)/t12-,14-/m0/s1. The first-order valence-electron chi connectivity index (χ1n) is 7.47. The first-order valence-corrected chi connectivity index (χ1v) is 8.45. The molecule has 2 amide bonds. The molecule has 0 aliphatic carbocycles. The largest absolute Gasteiger partial charge is 0.335 e. The SMILES string of the molecule is C[C@@H](Cn1ccnc1)NC(=O)N[C@H]1CCSc2ccccc21. The van der Waals surface area contributed by atoms with E-state index in [1.807, 2.05) is 41.6 Å². The van der Waals surface area contributed by atoms with Crippen LogP contribution in [0.5, 0.6) is 0 Å². The summed E-state index contributed by atoms with van der Waals surface area (Å²) in [6.45, 7) is 2.70. The third-order valence-electron chi connectivity index (χ3n) is 3.69. The minimum atomic E-state index is -0.112. The first kappa shape index (κ1) is 15.0. The van der Waals surface area contributed by atoms with E-state index in [4.69, 9.17) is 0 Å². The quantitative estimate of drug-likeness (QED) is 0.912. The highest BCUT2D eigenvalue weighted by Gasteiger charge is 2.22. The van der Waals surface area contributed by atoms with Crippen molar-refractivity contribution in [2.75, 3.05) is 5.75 Å². The number of thioether (sulfide) groups is 1. The summed E-state index contributed by atoms with van der Waals surface area (Å²) in [4.78, 5) is 17.5. The molecule has 0 fully saturated rings. The number of nitrogens with zero attached hydrogens (tertiary/aromatic N) is 2. The van der Waals surface area contributed by atoms with Gasteiger partial charge in [0.15, 0.2) is 0 Å². The van der Waals surface area contributed by atoms with Gasteiger partial charge in [-0.2, -0.15) is 0 Å². The van der Waals surface area contributed by atoms with Gasteiger partial charge in [0.25, 0.3) is 0 Å². The molecule has 0 spiro atoms. The molecule has 0 unspecified atom stereocenters. The number of carbonyl (C=O) groups excluding carboxylic acids is 1. The number of fused-ring (bicyclic) bond motifs is 1. The normalized spacial score (nSPS) is 18.3. The fraction of sp³-hybridized carbons (Fsp3) is 0.375. The lowest BCUT2D eigenvalue weighted by Gasteiger charge is -2.26. The Hall–Kier alpha value is -1.95. The Morgan fingerprint density at radius 1 is 1.50 bits per heavy atom. The van der Waals surface area contributed by atoms with Crippen LogP contribution in [-0.4, -0.2) is 27.4 Å². The number of hydrogen-bond acceptors (Lipinski definition) is 3. The Morgan fingerprint density at radius 2 is 2.36 bits per heavy atom. The molecule has 1 aromatic heterocycles. The minimum Gasteiger partial charge on any atom is -0.335 e. The van der Waals surface area contributed by atoms with E-state index in [1.54, 1.807) is 12.5 Å². The number of benzene rings is 1. The van der Waals surface area contributed by atoms with Gasteiger partial charge in [0.1, 0.15) is 0 Å². The fourth-order valence-electron chi connectivity index (χ4n) is 2.67. The zero-order valence-corrected chi connectivity index (χ0v) is 13.3. The molecule has 2 atom stereocenters. The molecule has 2 N–H and O–H groups in total. The van der Waals surface area contributed by atoms with E-state index in [1.165, 1.54) is 10.5 Å². The molecule has 1 aromatic carbocycles. The maximum absolute atomic E-state index is 12.2. The van der Waals surface area contributed by atoms with Gasteiger partial charge < -0.3 is 15.2 Å². The molecule has 2 aromatic rings. The Morgan fingerprint density at radius 3 is 3.18 bits per heavy atom. The molecule has 2 heterocycles. The molecular formula is C16H20N4OS. The van der Waals surface area contributed by atoms with E-state index < -0.39 is 0 Å². The third-order valence-corrected chi connectivity index (χ3v) is 4.81. The second kappa shape index (κ2) is 6.87. The van der Waals surface area contributed by atoms with Crippen molar-refractivity contribution in [1.82, 2.24) is 20.2 Å². The van der Waals surface area contributed by atoms with Crippen molar-refractivity contribution in [2.45, 2.75) is 36.9 Å². The molecular weight excluding hydrogens is 296 g/mol. The lowest BCUT2D eigenvalue weighted by molar-refractivity contribution is 0.232. The van der Waals surface area contributed by atoms with Gasteiger partial charge >= 0.3 is 6.03 Å². The average molecular weight is 316 g/mol. The molecule has 116 valence electrons. The van der Waals surface area contributed by atoms with Crippen molar-refractivity contribution < 1.29 is 4.79 Å². The zero-order chi connectivity index (χ0) is 15.4. The number of imidazole rings is 1. The Balaban J connectivity index is 1.56. The van der Waals surface area contributed by atoms with Gasteiger partial charge in [-0.25, -0.2) is 9.78 Å². The summed E-state index contributed by atoms with van der Waals surface area (Å²) in [5.41, 5.74) is 1.22. The average Bonchev–Trinajstić information content (AvgIpc) is 3.00. The molecule has 22 heavy (non-hydrogen) atoms. The summed E-state index contributed by atoms with van der Waals surface area (Å²) >= 11 is 1.85. The zero-order valence-electron chi connectivity index (χ0n) is 12.5. The molecule has 1 aliphatic rings. The van der Waals surface area contributed by atoms with Crippen LogP contribution in [0.4, 0.5) is 4.79 Å². The van der Waals surface area contributed by atoms with E-state index in [0.717, 1.165) is 12.2 Å². The summed E-state index contributed by atoms with van der Waals surface area (Å²) in [6, 6.07) is 8.31. The van der Waals surface area contributed by atoms with Crippen LogP contribution in [0.2, 0.25) is 0 Å². The van der Waals surface area contributed by atoms with Gasteiger partial charge in [-0.1, -0.05) is 18.2 Å². The Labute approximate surface area is 134 Å². The predicted octanol–water partition coefficient (Wildman–Crippen LogP) is 2.81. The van der Waals surface area contributed by atoms with Crippen LogP contribution in [0.25, 0.3) is 0 Å².